The van der Waals surface area contributed by atoms with Crippen molar-refractivity contribution in [2.24, 2.45) is 0 Å². The van der Waals surface area contributed by atoms with Gasteiger partial charge < -0.3 is 15.2 Å². The SMILES string of the molecule is CCC(Oc1ccccc1)C(=O)NC1CCCCC1O. The lowest BCUT2D eigenvalue weighted by molar-refractivity contribution is -0.130. The van der Waals surface area contributed by atoms with E-state index in [1.807, 2.05) is 37.3 Å². The molecule has 0 spiro atoms. The number of nitrogens with one attached hydrogen (secondary N) is 1. The van der Waals surface area contributed by atoms with E-state index in [9.17, 15) is 9.90 Å². The van der Waals surface area contributed by atoms with Gasteiger partial charge in [-0.15, -0.1) is 0 Å². The van der Waals surface area contributed by atoms with Crippen molar-refractivity contribution in [3.8, 4) is 5.75 Å². The number of rotatable bonds is 5. The van der Waals surface area contributed by atoms with Crippen molar-refractivity contribution in [1.82, 2.24) is 5.32 Å². The molecule has 0 heterocycles. The predicted octanol–water partition coefficient (Wildman–Crippen LogP) is 2.26. The molecule has 1 fully saturated rings. The van der Waals surface area contributed by atoms with E-state index in [4.69, 9.17) is 4.74 Å². The van der Waals surface area contributed by atoms with Crippen molar-refractivity contribution >= 4 is 5.91 Å². The van der Waals surface area contributed by atoms with Crippen LogP contribution in [0.2, 0.25) is 0 Å². The molecule has 0 saturated heterocycles. The topological polar surface area (TPSA) is 58.6 Å². The minimum atomic E-state index is -0.508. The highest BCUT2D eigenvalue weighted by Crippen LogP contribution is 2.19. The molecule has 1 saturated carbocycles. The highest BCUT2D eigenvalue weighted by molar-refractivity contribution is 5.81. The van der Waals surface area contributed by atoms with Crippen molar-refractivity contribution in [3.63, 3.8) is 0 Å². The van der Waals surface area contributed by atoms with Gasteiger partial charge >= 0.3 is 0 Å². The molecule has 1 aliphatic carbocycles. The van der Waals surface area contributed by atoms with Gasteiger partial charge in [0.05, 0.1) is 12.1 Å². The summed E-state index contributed by atoms with van der Waals surface area (Å²) in [6.07, 6.45) is 3.36. The number of aliphatic hydroxyl groups is 1. The lowest BCUT2D eigenvalue weighted by Gasteiger charge is -2.29. The van der Waals surface area contributed by atoms with Crippen LogP contribution in [-0.2, 0) is 4.79 Å². The Bertz CT molecular complexity index is 421. The molecule has 0 radical (unpaired) electrons. The molecule has 3 atom stereocenters. The summed E-state index contributed by atoms with van der Waals surface area (Å²) >= 11 is 0. The second-order valence-corrected chi connectivity index (χ2v) is 5.29. The molecule has 2 rings (SSSR count). The van der Waals surface area contributed by atoms with Crippen LogP contribution < -0.4 is 10.1 Å². The van der Waals surface area contributed by atoms with Gasteiger partial charge in [0.2, 0.25) is 0 Å². The summed E-state index contributed by atoms with van der Waals surface area (Å²) in [5, 5.41) is 12.8. The summed E-state index contributed by atoms with van der Waals surface area (Å²) in [4.78, 5) is 12.2. The van der Waals surface area contributed by atoms with Gasteiger partial charge in [-0.05, 0) is 31.4 Å². The van der Waals surface area contributed by atoms with Crippen LogP contribution in [0.4, 0.5) is 0 Å². The van der Waals surface area contributed by atoms with E-state index < -0.39 is 12.2 Å². The Morgan fingerprint density at radius 3 is 2.70 bits per heavy atom. The fraction of sp³-hybridized carbons (Fsp3) is 0.562. The fourth-order valence-corrected chi connectivity index (χ4v) is 2.54. The first kappa shape index (κ1) is 14.9. The summed E-state index contributed by atoms with van der Waals surface area (Å²) in [6.45, 7) is 1.92. The number of carbonyl (C=O) groups excluding carboxylic acids is 1. The molecule has 1 aliphatic rings. The normalized spacial score (nSPS) is 23.9. The first-order valence-electron chi connectivity index (χ1n) is 7.41. The Labute approximate surface area is 120 Å². The van der Waals surface area contributed by atoms with Gasteiger partial charge in [-0.1, -0.05) is 38.0 Å². The van der Waals surface area contributed by atoms with E-state index in [-0.39, 0.29) is 11.9 Å². The number of carbonyl (C=O) groups is 1. The highest BCUT2D eigenvalue weighted by atomic mass is 16.5. The van der Waals surface area contributed by atoms with Crippen molar-refractivity contribution in [1.29, 1.82) is 0 Å². The third-order valence-corrected chi connectivity index (χ3v) is 3.74. The van der Waals surface area contributed by atoms with E-state index in [0.29, 0.717) is 12.2 Å². The van der Waals surface area contributed by atoms with Crippen molar-refractivity contribution in [2.45, 2.75) is 57.3 Å². The summed E-state index contributed by atoms with van der Waals surface area (Å²) in [7, 11) is 0. The molecule has 0 bridgehead atoms. The van der Waals surface area contributed by atoms with Crippen LogP contribution >= 0.6 is 0 Å². The third kappa shape index (κ3) is 3.97. The van der Waals surface area contributed by atoms with Crippen LogP contribution in [0.3, 0.4) is 0 Å². The monoisotopic (exact) mass is 277 g/mol. The second kappa shape index (κ2) is 7.29. The first-order valence-corrected chi connectivity index (χ1v) is 7.41. The number of hydrogen-bond acceptors (Lipinski definition) is 3. The first-order chi connectivity index (χ1) is 9.70. The van der Waals surface area contributed by atoms with Gasteiger partial charge in [0.15, 0.2) is 6.10 Å². The average molecular weight is 277 g/mol. The number of amides is 1. The Morgan fingerprint density at radius 2 is 2.05 bits per heavy atom. The molecule has 0 aliphatic heterocycles. The van der Waals surface area contributed by atoms with Crippen LogP contribution in [0.25, 0.3) is 0 Å². The van der Waals surface area contributed by atoms with Crippen LogP contribution in [0, 0.1) is 0 Å². The Kier molecular flexibility index (Phi) is 5.41. The largest absolute Gasteiger partial charge is 0.481 e. The second-order valence-electron chi connectivity index (χ2n) is 5.29. The van der Waals surface area contributed by atoms with Crippen LogP contribution in [0.15, 0.2) is 30.3 Å². The maximum atomic E-state index is 12.2. The van der Waals surface area contributed by atoms with E-state index >= 15 is 0 Å². The summed E-state index contributed by atoms with van der Waals surface area (Å²) < 4.78 is 5.71. The maximum Gasteiger partial charge on any atom is 0.261 e. The van der Waals surface area contributed by atoms with Crippen molar-refractivity contribution in [3.05, 3.63) is 30.3 Å². The zero-order valence-corrected chi connectivity index (χ0v) is 11.9. The van der Waals surface area contributed by atoms with Crippen LogP contribution in [0.1, 0.15) is 39.0 Å². The fourth-order valence-electron chi connectivity index (χ4n) is 2.54. The molecule has 2 N–H and O–H groups in total. The molecule has 4 nitrogen and oxygen atoms in total. The van der Waals surface area contributed by atoms with E-state index in [2.05, 4.69) is 5.32 Å². The minimum Gasteiger partial charge on any atom is -0.481 e. The Morgan fingerprint density at radius 1 is 1.35 bits per heavy atom. The van der Waals surface area contributed by atoms with E-state index in [1.165, 1.54) is 0 Å². The zero-order chi connectivity index (χ0) is 14.4. The molecule has 110 valence electrons. The molecule has 3 unspecified atom stereocenters. The molecule has 20 heavy (non-hydrogen) atoms. The van der Waals surface area contributed by atoms with Gasteiger partial charge in [0.1, 0.15) is 5.75 Å². The lowest BCUT2D eigenvalue weighted by atomic mass is 9.92. The summed E-state index contributed by atoms with van der Waals surface area (Å²) in [6, 6.07) is 9.21. The van der Waals surface area contributed by atoms with Crippen LogP contribution in [0.5, 0.6) is 5.75 Å². The number of aliphatic hydroxyl groups excluding tert-OH is 1. The molecular formula is C16H23NO3. The van der Waals surface area contributed by atoms with Gasteiger partial charge in [-0.2, -0.15) is 0 Å². The smallest absolute Gasteiger partial charge is 0.261 e. The molecule has 0 aromatic heterocycles. The van der Waals surface area contributed by atoms with Gasteiger partial charge in [-0.25, -0.2) is 0 Å². The van der Waals surface area contributed by atoms with Gasteiger partial charge in [0, 0.05) is 0 Å². The molecular weight excluding hydrogens is 254 g/mol. The standard InChI is InChI=1S/C16H23NO3/c1-2-15(20-12-8-4-3-5-9-12)16(19)17-13-10-6-7-11-14(13)18/h3-5,8-9,13-15,18H,2,6-7,10-11H2,1H3,(H,17,19). The van der Waals surface area contributed by atoms with E-state index in [1.54, 1.807) is 0 Å². The summed E-state index contributed by atoms with van der Waals surface area (Å²) in [5.74, 6) is 0.556. The van der Waals surface area contributed by atoms with E-state index in [0.717, 1.165) is 25.7 Å². The zero-order valence-electron chi connectivity index (χ0n) is 11.9. The highest BCUT2D eigenvalue weighted by Gasteiger charge is 2.27. The minimum absolute atomic E-state index is 0.135. The van der Waals surface area contributed by atoms with Gasteiger partial charge in [0.25, 0.3) is 5.91 Å². The lowest BCUT2D eigenvalue weighted by Crippen LogP contribution is -2.49. The number of para-hydroxylation sites is 1. The number of ether oxygens (including phenoxy) is 1. The molecule has 4 heteroatoms. The quantitative estimate of drug-likeness (QED) is 0.868. The molecule has 1 aromatic rings. The number of benzene rings is 1. The summed E-state index contributed by atoms with van der Waals surface area (Å²) in [5.41, 5.74) is 0. The molecule has 1 amide bonds. The van der Waals surface area contributed by atoms with Crippen molar-refractivity contribution in [2.75, 3.05) is 0 Å². The maximum absolute atomic E-state index is 12.2. The van der Waals surface area contributed by atoms with Gasteiger partial charge in [-0.3, -0.25) is 4.79 Å². The predicted molar refractivity (Wildman–Crippen MR) is 77.6 cm³/mol. The van der Waals surface area contributed by atoms with Crippen molar-refractivity contribution < 1.29 is 14.6 Å². The number of hydrogen-bond donors (Lipinski definition) is 2. The van der Waals surface area contributed by atoms with Crippen LogP contribution in [-0.4, -0.2) is 29.3 Å². The average Bonchev–Trinajstić information content (AvgIpc) is 2.48. The Hall–Kier alpha value is -1.55. The molecule has 1 aromatic carbocycles. The Balaban J connectivity index is 1.91. The third-order valence-electron chi connectivity index (χ3n) is 3.74.